The lowest BCUT2D eigenvalue weighted by Crippen LogP contribution is -2.12. The summed E-state index contributed by atoms with van der Waals surface area (Å²) in [6.07, 6.45) is 0. The molecule has 0 aliphatic carbocycles. The molecule has 4 nitrogen and oxygen atoms in total. The average Bonchev–Trinajstić information content (AvgIpc) is 3.17. The van der Waals surface area contributed by atoms with E-state index in [0.29, 0.717) is 18.1 Å². The highest BCUT2D eigenvalue weighted by Gasteiger charge is 2.10. The second kappa shape index (κ2) is 8.45. The maximum atomic E-state index is 12.6. The molecular formula is C24H22N2O2S. The van der Waals surface area contributed by atoms with Gasteiger partial charge in [-0.1, -0.05) is 38.1 Å². The molecule has 1 N–H and O–H groups in total. The largest absolute Gasteiger partial charge is 0.493 e. The summed E-state index contributed by atoms with van der Waals surface area (Å²) in [6, 6.07) is 23.1. The van der Waals surface area contributed by atoms with Crippen molar-refractivity contribution in [3.05, 3.63) is 78.4 Å². The van der Waals surface area contributed by atoms with E-state index in [-0.39, 0.29) is 5.91 Å². The van der Waals surface area contributed by atoms with Gasteiger partial charge in [-0.05, 0) is 54.4 Å². The van der Waals surface area contributed by atoms with Crippen LogP contribution < -0.4 is 10.1 Å². The maximum absolute atomic E-state index is 12.6. The fourth-order valence-corrected chi connectivity index (χ4v) is 3.86. The number of ether oxygens (including phenoxy) is 1. The monoisotopic (exact) mass is 402 g/mol. The zero-order valence-electron chi connectivity index (χ0n) is 16.4. The third kappa shape index (κ3) is 4.63. The first kappa shape index (κ1) is 19.2. The topological polar surface area (TPSA) is 51.2 Å². The Morgan fingerprint density at radius 3 is 2.59 bits per heavy atom. The molecule has 0 aliphatic rings. The lowest BCUT2D eigenvalue weighted by molar-refractivity contribution is 0.102. The number of amides is 1. The first-order chi connectivity index (χ1) is 14.1. The van der Waals surface area contributed by atoms with E-state index in [0.717, 1.165) is 32.2 Å². The van der Waals surface area contributed by atoms with Crippen LogP contribution in [0.25, 0.3) is 20.8 Å². The van der Waals surface area contributed by atoms with E-state index in [9.17, 15) is 4.79 Å². The number of carbonyl (C=O) groups excluding carboxylic acids is 1. The van der Waals surface area contributed by atoms with Crippen LogP contribution in [0.5, 0.6) is 5.75 Å². The summed E-state index contributed by atoms with van der Waals surface area (Å²) in [6.45, 7) is 4.86. The number of carbonyl (C=O) groups is 1. The van der Waals surface area contributed by atoms with Crippen molar-refractivity contribution >= 4 is 33.1 Å². The molecule has 0 unspecified atom stereocenters. The van der Waals surface area contributed by atoms with Crippen LogP contribution in [-0.4, -0.2) is 17.5 Å². The molecule has 0 spiro atoms. The minimum absolute atomic E-state index is 0.151. The summed E-state index contributed by atoms with van der Waals surface area (Å²) in [7, 11) is 0. The highest BCUT2D eigenvalue weighted by atomic mass is 32.1. The minimum Gasteiger partial charge on any atom is -0.493 e. The summed E-state index contributed by atoms with van der Waals surface area (Å²) >= 11 is 1.64. The van der Waals surface area contributed by atoms with Crippen LogP contribution in [-0.2, 0) is 0 Å². The molecule has 0 fully saturated rings. The third-order valence-corrected chi connectivity index (χ3v) is 5.45. The summed E-state index contributed by atoms with van der Waals surface area (Å²) in [5, 5.41) is 3.91. The van der Waals surface area contributed by atoms with Gasteiger partial charge in [0.2, 0.25) is 0 Å². The standard InChI is InChI=1S/C24H22N2O2S/c1-16(2)15-28-20-12-10-17(11-13-20)23(27)25-19-7-5-6-18(14-19)24-26-21-8-3-4-9-22(21)29-24/h3-14,16H,15H2,1-2H3,(H,25,27). The summed E-state index contributed by atoms with van der Waals surface area (Å²) in [5.41, 5.74) is 3.31. The molecule has 4 rings (SSSR count). The van der Waals surface area contributed by atoms with Gasteiger partial charge in [0.15, 0.2) is 0 Å². The predicted octanol–water partition coefficient (Wildman–Crippen LogP) is 6.25. The van der Waals surface area contributed by atoms with Gasteiger partial charge in [-0.15, -0.1) is 11.3 Å². The molecule has 0 bridgehead atoms. The molecule has 0 saturated heterocycles. The van der Waals surface area contributed by atoms with Crippen molar-refractivity contribution < 1.29 is 9.53 Å². The van der Waals surface area contributed by atoms with Crippen LogP contribution in [0.1, 0.15) is 24.2 Å². The highest BCUT2D eigenvalue weighted by Crippen LogP contribution is 2.31. The predicted molar refractivity (Wildman–Crippen MR) is 120 cm³/mol. The number of para-hydroxylation sites is 1. The Morgan fingerprint density at radius 2 is 1.83 bits per heavy atom. The maximum Gasteiger partial charge on any atom is 0.255 e. The number of hydrogen-bond acceptors (Lipinski definition) is 4. The van der Waals surface area contributed by atoms with Crippen molar-refractivity contribution in [1.82, 2.24) is 4.98 Å². The zero-order chi connectivity index (χ0) is 20.2. The van der Waals surface area contributed by atoms with Gasteiger partial charge in [0.05, 0.1) is 16.8 Å². The molecule has 1 amide bonds. The van der Waals surface area contributed by atoms with E-state index < -0.39 is 0 Å². The second-order valence-electron chi connectivity index (χ2n) is 7.25. The molecule has 1 aromatic heterocycles. The van der Waals surface area contributed by atoms with Crippen molar-refractivity contribution in [2.45, 2.75) is 13.8 Å². The number of fused-ring (bicyclic) bond motifs is 1. The number of aromatic nitrogens is 1. The van der Waals surface area contributed by atoms with Crippen LogP contribution in [0.2, 0.25) is 0 Å². The van der Waals surface area contributed by atoms with E-state index in [4.69, 9.17) is 9.72 Å². The SMILES string of the molecule is CC(C)COc1ccc(C(=O)Nc2cccc(-c3nc4ccccc4s3)c2)cc1. The third-order valence-electron chi connectivity index (χ3n) is 4.36. The Balaban J connectivity index is 1.48. The average molecular weight is 403 g/mol. The molecule has 29 heavy (non-hydrogen) atoms. The van der Waals surface area contributed by atoms with E-state index in [2.05, 4.69) is 25.2 Å². The Bertz CT molecular complexity index is 1100. The van der Waals surface area contributed by atoms with Crippen molar-refractivity contribution in [2.75, 3.05) is 11.9 Å². The van der Waals surface area contributed by atoms with Gasteiger partial charge in [-0.3, -0.25) is 4.79 Å². The van der Waals surface area contributed by atoms with Crippen LogP contribution in [0, 0.1) is 5.92 Å². The van der Waals surface area contributed by atoms with Crippen molar-refractivity contribution in [3.63, 3.8) is 0 Å². The van der Waals surface area contributed by atoms with Crippen LogP contribution in [0.3, 0.4) is 0 Å². The molecule has 0 saturated carbocycles. The van der Waals surface area contributed by atoms with E-state index in [1.807, 2.05) is 54.6 Å². The molecule has 5 heteroatoms. The van der Waals surface area contributed by atoms with E-state index >= 15 is 0 Å². The first-order valence-corrected chi connectivity index (χ1v) is 10.4. The molecule has 0 atom stereocenters. The number of benzene rings is 3. The summed E-state index contributed by atoms with van der Waals surface area (Å²) < 4.78 is 6.82. The zero-order valence-corrected chi connectivity index (χ0v) is 17.2. The number of anilines is 1. The molecule has 3 aromatic carbocycles. The van der Waals surface area contributed by atoms with Crippen molar-refractivity contribution in [1.29, 1.82) is 0 Å². The minimum atomic E-state index is -0.151. The van der Waals surface area contributed by atoms with Gasteiger partial charge in [0.25, 0.3) is 5.91 Å². The van der Waals surface area contributed by atoms with Gasteiger partial charge in [-0.25, -0.2) is 4.98 Å². The van der Waals surface area contributed by atoms with E-state index in [1.165, 1.54) is 0 Å². The fourth-order valence-electron chi connectivity index (χ4n) is 2.89. The Kier molecular flexibility index (Phi) is 5.58. The van der Waals surface area contributed by atoms with Gasteiger partial charge in [-0.2, -0.15) is 0 Å². The Hall–Kier alpha value is -3.18. The number of nitrogens with one attached hydrogen (secondary N) is 1. The smallest absolute Gasteiger partial charge is 0.255 e. The van der Waals surface area contributed by atoms with Crippen molar-refractivity contribution in [3.8, 4) is 16.3 Å². The molecule has 4 aromatic rings. The number of rotatable bonds is 6. The molecule has 0 radical (unpaired) electrons. The molecular weight excluding hydrogens is 380 g/mol. The van der Waals surface area contributed by atoms with Gasteiger partial charge in [0, 0.05) is 16.8 Å². The molecule has 146 valence electrons. The fraction of sp³-hybridized carbons (Fsp3) is 0.167. The summed E-state index contributed by atoms with van der Waals surface area (Å²) in [5.74, 6) is 1.08. The Morgan fingerprint density at radius 1 is 1.03 bits per heavy atom. The number of nitrogens with zero attached hydrogens (tertiary/aromatic N) is 1. The van der Waals surface area contributed by atoms with Gasteiger partial charge >= 0.3 is 0 Å². The second-order valence-corrected chi connectivity index (χ2v) is 8.28. The lowest BCUT2D eigenvalue weighted by Gasteiger charge is -2.10. The van der Waals surface area contributed by atoms with Crippen molar-refractivity contribution in [2.24, 2.45) is 5.92 Å². The molecule has 0 aliphatic heterocycles. The first-order valence-electron chi connectivity index (χ1n) is 9.59. The van der Waals surface area contributed by atoms with Crippen LogP contribution >= 0.6 is 11.3 Å². The van der Waals surface area contributed by atoms with Gasteiger partial charge < -0.3 is 10.1 Å². The van der Waals surface area contributed by atoms with Crippen LogP contribution in [0.15, 0.2) is 72.8 Å². The summed E-state index contributed by atoms with van der Waals surface area (Å²) in [4.78, 5) is 17.3. The number of thiazole rings is 1. The molecule has 1 heterocycles. The highest BCUT2D eigenvalue weighted by molar-refractivity contribution is 7.21. The van der Waals surface area contributed by atoms with Crippen LogP contribution in [0.4, 0.5) is 5.69 Å². The Labute approximate surface area is 174 Å². The number of hydrogen-bond donors (Lipinski definition) is 1. The normalized spacial score (nSPS) is 11.0. The van der Waals surface area contributed by atoms with E-state index in [1.54, 1.807) is 23.5 Å². The van der Waals surface area contributed by atoms with Gasteiger partial charge in [0.1, 0.15) is 10.8 Å². The lowest BCUT2D eigenvalue weighted by atomic mass is 10.1. The quantitative estimate of drug-likeness (QED) is 0.415.